The van der Waals surface area contributed by atoms with Gasteiger partial charge in [-0.05, 0) is 42.5 Å². The maximum atomic E-state index is 13.3. The summed E-state index contributed by atoms with van der Waals surface area (Å²) in [5.41, 5.74) is 1.17. The molecule has 2 saturated heterocycles. The second-order valence-corrected chi connectivity index (χ2v) is 7.76. The molecule has 2 heterocycles. The van der Waals surface area contributed by atoms with Crippen LogP contribution in [0.15, 0.2) is 42.5 Å². The highest BCUT2D eigenvalue weighted by atomic mass is 35.5. The summed E-state index contributed by atoms with van der Waals surface area (Å²) in [6, 6.07) is 10.7. The zero-order valence-electron chi connectivity index (χ0n) is 15.7. The lowest BCUT2D eigenvalue weighted by Gasteiger charge is -2.43. The van der Waals surface area contributed by atoms with Crippen molar-refractivity contribution in [1.29, 1.82) is 0 Å². The fourth-order valence-corrected chi connectivity index (χ4v) is 3.83. The molecule has 2 fully saturated rings. The van der Waals surface area contributed by atoms with E-state index in [0.717, 1.165) is 30.9 Å². The van der Waals surface area contributed by atoms with Gasteiger partial charge in [-0.25, -0.2) is 8.78 Å². The van der Waals surface area contributed by atoms with Gasteiger partial charge < -0.3 is 14.7 Å². The molecule has 2 aliphatic heterocycles. The lowest BCUT2D eigenvalue weighted by Crippen LogP contribution is -2.59. The van der Waals surface area contributed by atoms with Gasteiger partial charge in [0.05, 0.1) is 5.92 Å². The molecule has 5 nitrogen and oxygen atoms in total. The van der Waals surface area contributed by atoms with E-state index in [0.29, 0.717) is 31.2 Å². The molecule has 0 aromatic heterocycles. The SMILES string of the molecule is O=C(c1ccc(F)c(F)c1)N1CC(C(=O)N2CCN(c3ccc(Cl)cc3)CC2)C1. The summed E-state index contributed by atoms with van der Waals surface area (Å²) >= 11 is 5.93. The first kappa shape index (κ1) is 19.6. The van der Waals surface area contributed by atoms with Gasteiger partial charge in [-0.15, -0.1) is 0 Å². The molecule has 0 aliphatic carbocycles. The van der Waals surface area contributed by atoms with E-state index in [2.05, 4.69) is 4.90 Å². The van der Waals surface area contributed by atoms with E-state index in [1.165, 1.54) is 11.0 Å². The minimum absolute atomic E-state index is 0.0371. The fourth-order valence-electron chi connectivity index (χ4n) is 3.71. The third-order valence-corrected chi connectivity index (χ3v) is 5.72. The molecule has 2 aromatic carbocycles. The van der Waals surface area contributed by atoms with Gasteiger partial charge in [0.15, 0.2) is 11.6 Å². The lowest BCUT2D eigenvalue weighted by molar-refractivity contribution is -0.140. The number of hydrogen-bond acceptors (Lipinski definition) is 3. The lowest BCUT2D eigenvalue weighted by atomic mass is 9.96. The van der Waals surface area contributed by atoms with Gasteiger partial charge in [0, 0.05) is 55.5 Å². The molecule has 0 radical (unpaired) electrons. The molecule has 2 aromatic rings. The van der Waals surface area contributed by atoms with E-state index < -0.39 is 11.6 Å². The number of carbonyl (C=O) groups excluding carboxylic acids is 2. The number of hydrogen-bond donors (Lipinski definition) is 0. The van der Waals surface area contributed by atoms with Crippen LogP contribution in [-0.4, -0.2) is 60.9 Å². The van der Waals surface area contributed by atoms with Gasteiger partial charge >= 0.3 is 0 Å². The van der Waals surface area contributed by atoms with Crippen LogP contribution < -0.4 is 4.90 Å². The Morgan fingerprint density at radius 1 is 0.862 bits per heavy atom. The summed E-state index contributed by atoms with van der Waals surface area (Å²) in [6.45, 7) is 3.31. The Kier molecular flexibility index (Phi) is 5.41. The standard InChI is InChI=1S/C21H20ClF2N3O2/c22-16-2-4-17(5-3-16)25-7-9-26(10-8-25)21(29)15-12-27(13-15)20(28)14-1-6-18(23)19(24)11-14/h1-6,11,15H,7-10,12-13H2. The highest BCUT2D eigenvalue weighted by Crippen LogP contribution is 2.24. The average molecular weight is 420 g/mol. The fraction of sp³-hybridized carbons (Fsp3) is 0.333. The number of rotatable bonds is 3. The Morgan fingerprint density at radius 2 is 1.52 bits per heavy atom. The predicted octanol–water partition coefficient (Wildman–Crippen LogP) is 3.04. The van der Waals surface area contributed by atoms with Crippen LogP contribution in [0.3, 0.4) is 0 Å². The number of amides is 2. The van der Waals surface area contributed by atoms with Gasteiger partial charge in [-0.3, -0.25) is 9.59 Å². The summed E-state index contributed by atoms with van der Waals surface area (Å²) in [5.74, 6) is -2.64. The minimum Gasteiger partial charge on any atom is -0.368 e. The summed E-state index contributed by atoms with van der Waals surface area (Å²) < 4.78 is 26.4. The van der Waals surface area contributed by atoms with Crippen molar-refractivity contribution in [2.45, 2.75) is 0 Å². The predicted molar refractivity (Wildman–Crippen MR) is 106 cm³/mol. The number of benzene rings is 2. The number of carbonyl (C=O) groups is 2. The van der Waals surface area contributed by atoms with Gasteiger partial charge in [0.1, 0.15) is 0 Å². The van der Waals surface area contributed by atoms with Gasteiger partial charge in [-0.2, -0.15) is 0 Å². The van der Waals surface area contributed by atoms with Crippen molar-refractivity contribution in [1.82, 2.24) is 9.80 Å². The molecule has 152 valence electrons. The Hall–Kier alpha value is -2.67. The van der Waals surface area contributed by atoms with Crippen molar-refractivity contribution in [3.05, 3.63) is 64.7 Å². The molecule has 4 rings (SSSR count). The van der Waals surface area contributed by atoms with E-state index in [4.69, 9.17) is 11.6 Å². The van der Waals surface area contributed by atoms with Crippen molar-refractivity contribution in [2.24, 2.45) is 5.92 Å². The van der Waals surface area contributed by atoms with Crippen molar-refractivity contribution in [2.75, 3.05) is 44.2 Å². The number of nitrogens with zero attached hydrogens (tertiary/aromatic N) is 3. The molecule has 0 atom stereocenters. The first-order chi connectivity index (χ1) is 13.9. The third kappa shape index (κ3) is 4.05. The van der Waals surface area contributed by atoms with Crippen LogP contribution >= 0.6 is 11.6 Å². The van der Waals surface area contributed by atoms with E-state index in [1.807, 2.05) is 29.2 Å². The van der Waals surface area contributed by atoms with Gasteiger partial charge in [-0.1, -0.05) is 11.6 Å². The third-order valence-electron chi connectivity index (χ3n) is 5.47. The molecule has 0 unspecified atom stereocenters. The van der Waals surface area contributed by atoms with Crippen LogP contribution in [0.25, 0.3) is 0 Å². The minimum atomic E-state index is -1.05. The maximum absolute atomic E-state index is 13.3. The van der Waals surface area contributed by atoms with E-state index in [-0.39, 0.29) is 23.3 Å². The van der Waals surface area contributed by atoms with Crippen molar-refractivity contribution >= 4 is 29.1 Å². The van der Waals surface area contributed by atoms with Crippen LogP contribution in [0, 0.1) is 17.6 Å². The second kappa shape index (κ2) is 7.99. The maximum Gasteiger partial charge on any atom is 0.254 e. The van der Waals surface area contributed by atoms with Crippen LogP contribution in [0.5, 0.6) is 0 Å². The van der Waals surface area contributed by atoms with E-state index >= 15 is 0 Å². The molecule has 0 N–H and O–H groups in total. The van der Waals surface area contributed by atoms with Gasteiger partial charge in [0.2, 0.25) is 5.91 Å². The quantitative estimate of drug-likeness (QED) is 0.768. The second-order valence-electron chi connectivity index (χ2n) is 7.32. The summed E-state index contributed by atoms with van der Waals surface area (Å²) in [6.07, 6.45) is 0. The summed E-state index contributed by atoms with van der Waals surface area (Å²) in [4.78, 5) is 30.6. The number of piperazine rings is 1. The number of halogens is 3. The zero-order valence-corrected chi connectivity index (χ0v) is 16.4. The molecule has 0 spiro atoms. The van der Waals surface area contributed by atoms with Gasteiger partial charge in [0.25, 0.3) is 5.91 Å². The molecule has 29 heavy (non-hydrogen) atoms. The van der Waals surface area contributed by atoms with Crippen molar-refractivity contribution < 1.29 is 18.4 Å². The Balaban J connectivity index is 1.28. The van der Waals surface area contributed by atoms with Crippen molar-refractivity contribution in [3.63, 3.8) is 0 Å². The Morgan fingerprint density at radius 3 is 2.14 bits per heavy atom. The van der Waals surface area contributed by atoms with Crippen LogP contribution in [0.4, 0.5) is 14.5 Å². The largest absolute Gasteiger partial charge is 0.368 e. The Bertz CT molecular complexity index is 924. The molecule has 2 amide bonds. The first-order valence-corrected chi connectivity index (χ1v) is 9.84. The molecule has 0 saturated carbocycles. The smallest absolute Gasteiger partial charge is 0.254 e. The van der Waals surface area contributed by atoms with Crippen molar-refractivity contribution in [3.8, 4) is 0 Å². The highest BCUT2D eigenvalue weighted by molar-refractivity contribution is 6.30. The molecule has 8 heteroatoms. The average Bonchev–Trinajstić information content (AvgIpc) is 2.69. The van der Waals surface area contributed by atoms with E-state index in [9.17, 15) is 18.4 Å². The highest BCUT2D eigenvalue weighted by Gasteiger charge is 2.39. The molecular formula is C21H20ClF2N3O2. The summed E-state index contributed by atoms with van der Waals surface area (Å²) in [5, 5.41) is 0.690. The van der Waals surface area contributed by atoms with Crippen LogP contribution in [0.2, 0.25) is 5.02 Å². The normalized spacial score (nSPS) is 17.3. The zero-order chi connectivity index (χ0) is 20.5. The first-order valence-electron chi connectivity index (χ1n) is 9.46. The molecule has 0 bridgehead atoms. The molecule has 2 aliphatic rings. The van der Waals surface area contributed by atoms with Crippen LogP contribution in [-0.2, 0) is 4.79 Å². The Labute approximate surface area is 172 Å². The number of anilines is 1. The topological polar surface area (TPSA) is 43.9 Å². The molecular weight excluding hydrogens is 400 g/mol. The monoisotopic (exact) mass is 419 g/mol. The number of likely N-dealkylation sites (tertiary alicyclic amines) is 1. The van der Waals surface area contributed by atoms with Crippen LogP contribution in [0.1, 0.15) is 10.4 Å². The summed E-state index contributed by atoms with van der Waals surface area (Å²) in [7, 11) is 0. The van der Waals surface area contributed by atoms with E-state index in [1.54, 1.807) is 0 Å².